The number of pyridine rings is 1. The molecular weight excluding hydrogens is 206 g/mol. The van der Waals surface area contributed by atoms with Crippen LogP contribution in [0.1, 0.15) is 18.4 Å². The minimum atomic E-state index is -0.735. The smallest absolute Gasteiger partial charge is 0.320 e. The third kappa shape index (κ3) is 2.30. The highest BCUT2D eigenvalue weighted by atomic mass is 16.4. The Balaban J connectivity index is 2.03. The Kier molecular flexibility index (Phi) is 3.05. The maximum atomic E-state index is 11.0. The van der Waals surface area contributed by atoms with Crippen molar-refractivity contribution in [1.82, 2.24) is 9.88 Å². The molecule has 2 rings (SSSR count). The first-order valence-corrected chi connectivity index (χ1v) is 5.34. The van der Waals surface area contributed by atoms with Crippen molar-refractivity contribution in [3.63, 3.8) is 0 Å². The number of aromatic nitrogens is 1. The summed E-state index contributed by atoms with van der Waals surface area (Å²) in [4.78, 5) is 16.9. The molecule has 0 aromatic carbocycles. The molecule has 86 valence electrons. The summed E-state index contributed by atoms with van der Waals surface area (Å²) in [6, 6.07) is 3.28. The molecule has 3 N–H and O–H groups in total. The van der Waals surface area contributed by atoms with Crippen molar-refractivity contribution in [2.75, 3.05) is 12.3 Å². The van der Waals surface area contributed by atoms with Crippen LogP contribution < -0.4 is 5.73 Å². The second-order valence-corrected chi connectivity index (χ2v) is 4.06. The lowest BCUT2D eigenvalue weighted by molar-refractivity contribution is -0.142. The molecule has 1 unspecified atom stereocenters. The topological polar surface area (TPSA) is 79.5 Å². The van der Waals surface area contributed by atoms with Crippen LogP contribution in [-0.2, 0) is 11.3 Å². The fraction of sp³-hybridized carbons (Fsp3) is 0.455. The van der Waals surface area contributed by atoms with E-state index in [1.54, 1.807) is 12.3 Å². The van der Waals surface area contributed by atoms with Crippen LogP contribution in [0.25, 0.3) is 0 Å². The van der Waals surface area contributed by atoms with Gasteiger partial charge in [0.25, 0.3) is 0 Å². The second kappa shape index (κ2) is 4.49. The highest BCUT2D eigenvalue weighted by molar-refractivity contribution is 5.73. The van der Waals surface area contributed by atoms with Crippen molar-refractivity contribution in [3.05, 3.63) is 23.9 Å². The maximum absolute atomic E-state index is 11.0. The number of anilines is 1. The van der Waals surface area contributed by atoms with Crippen LogP contribution in [0.2, 0.25) is 0 Å². The van der Waals surface area contributed by atoms with Gasteiger partial charge in [-0.05, 0) is 31.0 Å². The number of hydrogen-bond acceptors (Lipinski definition) is 4. The monoisotopic (exact) mass is 221 g/mol. The van der Waals surface area contributed by atoms with E-state index in [1.165, 1.54) is 0 Å². The Morgan fingerprint density at radius 3 is 3.06 bits per heavy atom. The molecule has 5 nitrogen and oxygen atoms in total. The number of nitrogen functional groups attached to an aromatic ring is 1. The van der Waals surface area contributed by atoms with E-state index in [9.17, 15) is 4.79 Å². The first-order valence-electron chi connectivity index (χ1n) is 5.34. The number of rotatable bonds is 3. The summed E-state index contributed by atoms with van der Waals surface area (Å²) in [6.45, 7) is 1.46. The van der Waals surface area contributed by atoms with Gasteiger partial charge in [0.05, 0.1) is 0 Å². The molecule has 0 radical (unpaired) electrons. The Bertz CT molecular complexity index is 377. The zero-order chi connectivity index (χ0) is 11.5. The molecule has 1 atom stereocenters. The average molecular weight is 221 g/mol. The molecule has 1 saturated heterocycles. The second-order valence-electron chi connectivity index (χ2n) is 4.06. The molecule has 1 aliphatic heterocycles. The SMILES string of the molecule is Nc1ccc(CN2CCCC2C(=O)O)cn1. The van der Waals surface area contributed by atoms with Crippen LogP contribution in [-0.4, -0.2) is 33.5 Å². The van der Waals surface area contributed by atoms with E-state index < -0.39 is 5.97 Å². The van der Waals surface area contributed by atoms with Crippen molar-refractivity contribution in [2.24, 2.45) is 0 Å². The normalized spacial score (nSPS) is 21.1. The van der Waals surface area contributed by atoms with Crippen LogP contribution >= 0.6 is 0 Å². The molecule has 0 saturated carbocycles. The Morgan fingerprint density at radius 2 is 2.44 bits per heavy atom. The largest absolute Gasteiger partial charge is 0.480 e. The molecular formula is C11H15N3O2. The summed E-state index contributed by atoms with van der Waals surface area (Å²) in [6.07, 6.45) is 3.38. The zero-order valence-corrected chi connectivity index (χ0v) is 8.97. The third-order valence-electron chi connectivity index (χ3n) is 2.88. The first kappa shape index (κ1) is 10.9. The van der Waals surface area contributed by atoms with Crippen molar-refractivity contribution < 1.29 is 9.90 Å². The maximum Gasteiger partial charge on any atom is 0.320 e. The summed E-state index contributed by atoms with van der Waals surface area (Å²) in [5.74, 6) is -0.249. The molecule has 1 aromatic rings. The Morgan fingerprint density at radius 1 is 1.62 bits per heavy atom. The highest BCUT2D eigenvalue weighted by Crippen LogP contribution is 2.20. The molecule has 0 bridgehead atoms. The lowest BCUT2D eigenvalue weighted by Gasteiger charge is -2.20. The molecule has 1 fully saturated rings. The van der Waals surface area contributed by atoms with E-state index in [0.717, 1.165) is 24.9 Å². The fourth-order valence-electron chi connectivity index (χ4n) is 2.06. The molecule has 1 aromatic heterocycles. The highest BCUT2D eigenvalue weighted by Gasteiger charge is 2.30. The number of carboxylic acids is 1. The summed E-state index contributed by atoms with van der Waals surface area (Å²) >= 11 is 0. The van der Waals surface area contributed by atoms with Gasteiger partial charge in [0.1, 0.15) is 11.9 Å². The summed E-state index contributed by atoms with van der Waals surface area (Å²) in [5.41, 5.74) is 6.49. The summed E-state index contributed by atoms with van der Waals surface area (Å²) < 4.78 is 0. The molecule has 0 amide bonds. The predicted molar refractivity (Wildman–Crippen MR) is 59.7 cm³/mol. The fourth-order valence-corrected chi connectivity index (χ4v) is 2.06. The molecule has 1 aliphatic rings. The molecule has 5 heteroatoms. The van der Waals surface area contributed by atoms with Gasteiger partial charge >= 0.3 is 5.97 Å². The standard InChI is InChI=1S/C11H15N3O2/c12-10-4-3-8(6-13-10)7-14-5-1-2-9(14)11(15)16/h3-4,6,9H,1-2,5,7H2,(H2,12,13)(H,15,16). The van der Waals surface area contributed by atoms with Crippen LogP contribution in [0.4, 0.5) is 5.82 Å². The number of hydrogen-bond donors (Lipinski definition) is 2. The van der Waals surface area contributed by atoms with Gasteiger partial charge in [-0.3, -0.25) is 9.69 Å². The minimum Gasteiger partial charge on any atom is -0.480 e. The van der Waals surface area contributed by atoms with E-state index in [4.69, 9.17) is 10.8 Å². The van der Waals surface area contributed by atoms with Crippen LogP contribution in [0, 0.1) is 0 Å². The Hall–Kier alpha value is -1.62. The van der Waals surface area contributed by atoms with Crippen LogP contribution in [0.5, 0.6) is 0 Å². The quantitative estimate of drug-likeness (QED) is 0.786. The van der Waals surface area contributed by atoms with Gasteiger partial charge < -0.3 is 10.8 Å². The average Bonchev–Trinajstić information content (AvgIpc) is 2.69. The molecule has 0 aliphatic carbocycles. The Labute approximate surface area is 93.9 Å². The van der Waals surface area contributed by atoms with Gasteiger partial charge in [0.15, 0.2) is 0 Å². The van der Waals surface area contributed by atoms with Crippen molar-refractivity contribution >= 4 is 11.8 Å². The number of carboxylic acid groups (broad SMARTS) is 1. The lowest BCUT2D eigenvalue weighted by atomic mass is 10.2. The molecule has 0 spiro atoms. The van der Waals surface area contributed by atoms with E-state index in [2.05, 4.69) is 4.98 Å². The van der Waals surface area contributed by atoms with E-state index in [-0.39, 0.29) is 6.04 Å². The molecule has 2 heterocycles. The van der Waals surface area contributed by atoms with Crippen LogP contribution in [0.15, 0.2) is 18.3 Å². The zero-order valence-electron chi connectivity index (χ0n) is 8.97. The number of nitrogens with two attached hydrogens (primary N) is 1. The predicted octanol–water partition coefficient (Wildman–Crippen LogP) is 0.713. The van der Waals surface area contributed by atoms with Gasteiger partial charge in [-0.2, -0.15) is 0 Å². The van der Waals surface area contributed by atoms with E-state index in [1.807, 2.05) is 11.0 Å². The van der Waals surface area contributed by atoms with Crippen molar-refractivity contribution in [3.8, 4) is 0 Å². The number of likely N-dealkylation sites (tertiary alicyclic amines) is 1. The summed E-state index contributed by atoms with van der Waals surface area (Å²) in [5, 5.41) is 9.03. The molecule has 16 heavy (non-hydrogen) atoms. The van der Waals surface area contributed by atoms with Gasteiger partial charge in [-0.15, -0.1) is 0 Å². The number of aliphatic carboxylic acids is 1. The summed E-state index contributed by atoms with van der Waals surface area (Å²) in [7, 11) is 0. The van der Waals surface area contributed by atoms with E-state index in [0.29, 0.717) is 12.4 Å². The lowest BCUT2D eigenvalue weighted by Crippen LogP contribution is -2.35. The van der Waals surface area contributed by atoms with Crippen LogP contribution in [0.3, 0.4) is 0 Å². The van der Waals surface area contributed by atoms with E-state index >= 15 is 0 Å². The third-order valence-corrected chi connectivity index (χ3v) is 2.88. The number of carbonyl (C=O) groups is 1. The van der Waals surface area contributed by atoms with Gasteiger partial charge in [0.2, 0.25) is 0 Å². The van der Waals surface area contributed by atoms with Gasteiger partial charge in [0, 0.05) is 12.7 Å². The van der Waals surface area contributed by atoms with Gasteiger partial charge in [-0.25, -0.2) is 4.98 Å². The first-order chi connectivity index (χ1) is 7.66. The van der Waals surface area contributed by atoms with Gasteiger partial charge in [-0.1, -0.05) is 6.07 Å². The van der Waals surface area contributed by atoms with Crippen molar-refractivity contribution in [1.29, 1.82) is 0 Å². The minimum absolute atomic E-state index is 0.349. The number of nitrogens with zero attached hydrogens (tertiary/aromatic N) is 2. The van der Waals surface area contributed by atoms with Crippen molar-refractivity contribution in [2.45, 2.75) is 25.4 Å².